The summed E-state index contributed by atoms with van der Waals surface area (Å²) >= 11 is 0. The minimum atomic E-state index is -3.67. The summed E-state index contributed by atoms with van der Waals surface area (Å²) in [4.78, 5) is 20.8. The van der Waals surface area contributed by atoms with Gasteiger partial charge in [-0.2, -0.15) is 28.6 Å². The van der Waals surface area contributed by atoms with E-state index in [4.69, 9.17) is 14.9 Å². The summed E-state index contributed by atoms with van der Waals surface area (Å²) in [5, 5.41) is 30.5. The van der Waals surface area contributed by atoms with E-state index >= 15 is 0 Å². The van der Waals surface area contributed by atoms with Gasteiger partial charge < -0.3 is 14.9 Å². The Balaban J connectivity index is 0.000000221. The first-order chi connectivity index (χ1) is 18.7. The zero-order chi connectivity index (χ0) is 28.2. The van der Waals surface area contributed by atoms with Crippen molar-refractivity contribution < 1.29 is 37.7 Å². The van der Waals surface area contributed by atoms with Crippen molar-refractivity contribution in [3.8, 4) is 17.0 Å². The van der Waals surface area contributed by atoms with E-state index in [1.807, 2.05) is 54.6 Å². The molecule has 5 aromatic rings. The van der Waals surface area contributed by atoms with Gasteiger partial charge in [0.2, 0.25) is 0 Å². The molecule has 0 saturated heterocycles. The lowest BCUT2D eigenvalue weighted by atomic mass is 10.1. The number of rotatable bonds is 6. The van der Waals surface area contributed by atoms with Crippen LogP contribution >= 0.6 is 0 Å². The van der Waals surface area contributed by atoms with E-state index in [0.29, 0.717) is 6.61 Å². The average molecular weight is 537 g/mol. The third kappa shape index (κ3) is 8.71. The molecule has 0 bridgehead atoms. The molecule has 11 heteroatoms. The van der Waals surface area contributed by atoms with Gasteiger partial charge in [-0.25, -0.2) is 9.59 Å². The highest BCUT2D eigenvalue weighted by atomic mass is 19.4. The number of H-pyrrole nitrogens is 1. The van der Waals surface area contributed by atoms with E-state index < -0.39 is 18.6 Å². The number of nitrogens with zero attached hydrogens (tertiary/aromatic N) is 2. The van der Waals surface area contributed by atoms with Gasteiger partial charge in [0, 0.05) is 5.56 Å². The predicted octanol–water partition coefficient (Wildman–Crippen LogP) is 6.47. The van der Waals surface area contributed by atoms with Crippen molar-refractivity contribution in [2.45, 2.75) is 13.3 Å². The van der Waals surface area contributed by atoms with Gasteiger partial charge in [0.1, 0.15) is 23.7 Å². The van der Waals surface area contributed by atoms with Crippen LogP contribution in [0.4, 0.5) is 13.2 Å². The fourth-order valence-corrected chi connectivity index (χ4v) is 3.37. The van der Waals surface area contributed by atoms with Crippen molar-refractivity contribution in [1.82, 2.24) is 15.4 Å². The van der Waals surface area contributed by atoms with Gasteiger partial charge >= 0.3 is 18.6 Å². The van der Waals surface area contributed by atoms with Crippen LogP contribution in [-0.2, 0) is 6.61 Å². The lowest BCUT2D eigenvalue weighted by Gasteiger charge is -2.07. The molecule has 0 aliphatic heterocycles. The van der Waals surface area contributed by atoms with Crippen LogP contribution < -0.4 is 4.74 Å². The standard InChI is InChI=1S/C19H15N3O.C8H6O4.CHF3/c1-2-7-15(8-3-1)19-18(20-22-21-19)13-23-17-11-10-14-6-4-5-9-16(14)12-17;9-7(10)5-2-1-3-6(4-5)8(11)12;2-1(3)4/h1-12H,13H2,(H,20,21,22);1-4H,(H,9,10)(H,11,12);1H. The summed E-state index contributed by atoms with van der Waals surface area (Å²) in [5.74, 6) is -1.43. The Kier molecular flexibility index (Phi) is 10.1. The number of aromatic carboxylic acids is 2. The number of hydrogen-bond acceptors (Lipinski definition) is 5. The molecule has 0 radical (unpaired) electrons. The molecule has 0 spiro atoms. The molecule has 4 aromatic carbocycles. The normalized spacial score (nSPS) is 10.2. The van der Waals surface area contributed by atoms with Gasteiger partial charge in [-0.3, -0.25) is 0 Å². The molecule has 0 aliphatic rings. The third-order valence-corrected chi connectivity index (χ3v) is 5.12. The fraction of sp³-hybridized carbons (Fsp3) is 0.0714. The number of carboxylic acids is 2. The van der Waals surface area contributed by atoms with Gasteiger partial charge in [0.05, 0.1) is 11.1 Å². The molecule has 1 heterocycles. The predicted molar refractivity (Wildman–Crippen MR) is 138 cm³/mol. The summed E-state index contributed by atoms with van der Waals surface area (Å²) in [6.07, 6.45) is 0. The highest BCUT2D eigenvalue weighted by molar-refractivity contribution is 5.93. The Morgan fingerprint density at radius 2 is 1.33 bits per heavy atom. The van der Waals surface area contributed by atoms with Crippen LogP contribution in [0.5, 0.6) is 5.75 Å². The molecule has 39 heavy (non-hydrogen) atoms. The number of ether oxygens (including phenoxy) is 1. The van der Waals surface area contributed by atoms with Crippen molar-refractivity contribution in [3.63, 3.8) is 0 Å². The highest BCUT2D eigenvalue weighted by Crippen LogP contribution is 2.23. The SMILES string of the molecule is FC(F)F.O=C(O)c1cccc(C(=O)O)c1.c1ccc(-c2n[nH]nc2COc2ccc3ccccc3c2)cc1. The maximum Gasteiger partial charge on any atom is 0.379 e. The Bertz CT molecular complexity index is 1500. The van der Waals surface area contributed by atoms with Crippen LogP contribution in [0.25, 0.3) is 22.0 Å². The Morgan fingerprint density at radius 1 is 0.744 bits per heavy atom. The number of hydrogen-bond donors (Lipinski definition) is 3. The second-order valence-corrected chi connectivity index (χ2v) is 7.72. The molecule has 0 aliphatic carbocycles. The van der Waals surface area contributed by atoms with Gasteiger partial charge in [0.15, 0.2) is 0 Å². The number of aromatic amines is 1. The van der Waals surface area contributed by atoms with E-state index in [-0.39, 0.29) is 11.1 Å². The largest absolute Gasteiger partial charge is 0.487 e. The van der Waals surface area contributed by atoms with Crippen LogP contribution in [0.2, 0.25) is 0 Å². The van der Waals surface area contributed by atoms with Crippen LogP contribution in [-0.4, -0.2) is 44.2 Å². The summed E-state index contributed by atoms with van der Waals surface area (Å²) < 4.78 is 34.9. The van der Waals surface area contributed by atoms with Gasteiger partial charge in [-0.1, -0.05) is 66.7 Å². The van der Waals surface area contributed by atoms with Crippen LogP contribution in [0.3, 0.4) is 0 Å². The Morgan fingerprint density at radius 3 is 1.95 bits per heavy atom. The quantitative estimate of drug-likeness (QED) is 0.227. The Labute approximate surface area is 220 Å². The van der Waals surface area contributed by atoms with Crippen molar-refractivity contribution in [2.75, 3.05) is 0 Å². The first-order valence-corrected chi connectivity index (χ1v) is 11.3. The average Bonchev–Trinajstić information content (AvgIpc) is 3.41. The second kappa shape index (κ2) is 13.9. The number of alkyl halides is 3. The van der Waals surface area contributed by atoms with Crippen LogP contribution in [0.1, 0.15) is 26.4 Å². The van der Waals surface area contributed by atoms with E-state index in [1.54, 1.807) is 0 Å². The smallest absolute Gasteiger partial charge is 0.379 e. The van der Waals surface area contributed by atoms with Crippen LogP contribution in [0, 0.1) is 0 Å². The minimum Gasteiger partial charge on any atom is -0.487 e. The lowest BCUT2D eigenvalue weighted by Crippen LogP contribution is -2.01. The molecule has 200 valence electrons. The second-order valence-electron chi connectivity index (χ2n) is 7.72. The van der Waals surface area contributed by atoms with E-state index in [1.165, 1.54) is 23.6 Å². The summed E-state index contributed by atoms with van der Waals surface area (Å²) in [7, 11) is 0. The number of aromatic nitrogens is 3. The number of fused-ring (bicyclic) bond motifs is 1. The number of carboxylic acid groups (broad SMARTS) is 2. The maximum atomic E-state index is 10.4. The molecule has 5 rings (SSSR count). The van der Waals surface area contributed by atoms with E-state index in [2.05, 4.69) is 33.6 Å². The number of benzene rings is 4. The lowest BCUT2D eigenvalue weighted by molar-refractivity contribution is 0.00816. The monoisotopic (exact) mass is 537 g/mol. The molecule has 8 nitrogen and oxygen atoms in total. The van der Waals surface area contributed by atoms with Crippen molar-refractivity contribution >= 4 is 22.7 Å². The zero-order valence-corrected chi connectivity index (χ0v) is 20.2. The third-order valence-electron chi connectivity index (χ3n) is 5.12. The Hall–Kier alpha value is -5.19. The van der Waals surface area contributed by atoms with Crippen molar-refractivity contribution in [2.24, 2.45) is 0 Å². The summed E-state index contributed by atoms with van der Waals surface area (Å²) in [6, 6.07) is 29.5. The summed E-state index contributed by atoms with van der Waals surface area (Å²) in [6.45, 7) is -3.29. The zero-order valence-electron chi connectivity index (χ0n) is 20.2. The van der Waals surface area contributed by atoms with Crippen LogP contribution in [0.15, 0.2) is 97.1 Å². The maximum absolute atomic E-state index is 10.4. The highest BCUT2D eigenvalue weighted by Gasteiger charge is 2.11. The van der Waals surface area contributed by atoms with Crippen molar-refractivity contribution in [3.05, 3.63) is 114 Å². The molecule has 0 saturated carbocycles. The molecule has 0 amide bonds. The molecule has 3 N–H and O–H groups in total. The number of nitrogens with one attached hydrogen (secondary N) is 1. The molecular formula is C28H22F3N3O5. The topological polar surface area (TPSA) is 125 Å². The first-order valence-electron chi connectivity index (χ1n) is 11.3. The molecule has 1 aromatic heterocycles. The summed E-state index contributed by atoms with van der Waals surface area (Å²) in [5.41, 5.74) is 2.61. The number of halogens is 3. The van der Waals surface area contributed by atoms with Crippen molar-refractivity contribution in [1.29, 1.82) is 0 Å². The minimum absolute atomic E-state index is 0.0186. The molecule has 0 unspecified atom stereocenters. The van der Waals surface area contributed by atoms with Gasteiger partial charge in [0.25, 0.3) is 0 Å². The van der Waals surface area contributed by atoms with E-state index in [9.17, 15) is 22.8 Å². The molecule has 0 fully saturated rings. The fourth-order valence-electron chi connectivity index (χ4n) is 3.37. The first kappa shape index (κ1) is 28.4. The van der Waals surface area contributed by atoms with Gasteiger partial charge in [-0.15, -0.1) is 0 Å². The molecular weight excluding hydrogens is 515 g/mol. The molecule has 0 atom stereocenters. The van der Waals surface area contributed by atoms with Gasteiger partial charge in [-0.05, 0) is 41.1 Å². The van der Waals surface area contributed by atoms with E-state index in [0.717, 1.165) is 34.2 Å². The number of carbonyl (C=O) groups is 2.